The monoisotopic (exact) mass is 380 g/mol. The molecule has 0 spiro atoms. The topological polar surface area (TPSA) is 69.3 Å². The number of amides is 1. The molecule has 2 atom stereocenters. The molecule has 3 saturated heterocycles. The smallest absolute Gasteiger partial charge is 0.223 e. The molecule has 3 aliphatic heterocycles. The van der Waals surface area contributed by atoms with Gasteiger partial charge >= 0.3 is 0 Å². The number of nitrogens with one attached hydrogen (secondary N) is 1. The van der Waals surface area contributed by atoms with Crippen molar-refractivity contribution in [3.8, 4) is 0 Å². The third-order valence-corrected chi connectivity index (χ3v) is 6.08. The second kappa shape index (κ2) is 8.27. The summed E-state index contributed by atoms with van der Waals surface area (Å²) in [6.07, 6.45) is 4.56. The van der Waals surface area contributed by atoms with Crippen LogP contribution in [0.4, 0.5) is 0 Å². The number of aromatic amines is 1. The molecule has 3 fully saturated rings. The van der Waals surface area contributed by atoms with Crippen molar-refractivity contribution in [2.45, 2.75) is 45.2 Å². The predicted molar refractivity (Wildman–Crippen MR) is 107 cm³/mol. The highest BCUT2D eigenvalue weighted by Crippen LogP contribution is 2.29. The minimum absolute atomic E-state index is 0.0459. The number of carbonyl (C=O) groups is 2. The molecule has 1 aromatic heterocycles. The number of ketones is 1. The summed E-state index contributed by atoms with van der Waals surface area (Å²) in [6, 6.07) is 9.49. The zero-order valence-electron chi connectivity index (χ0n) is 16.4. The molecule has 1 N–H and O–H groups in total. The molecule has 0 aliphatic carbocycles. The second-order valence-corrected chi connectivity index (χ2v) is 8.10. The number of piperidine rings is 1. The van der Waals surface area contributed by atoms with Crippen LogP contribution < -0.4 is 0 Å². The van der Waals surface area contributed by atoms with Crippen LogP contribution in [0.3, 0.4) is 0 Å². The lowest BCUT2D eigenvalue weighted by Crippen LogP contribution is -2.47. The van der Waals surface area contributed by atoms with Crippen LogP contribution in [0, 0.1) is 12.8 Å². The molecule has 3 aliphatic rings. The number of imidazole rings is 1. The Morgan fingerprint density at radius 2 is 1.93 bits per heavy atom. The molecule has 2 bridgehead atoms. The fraction of sp³-hybridized carbons (Fsp3) is 0.500. The van der Waals surface area contributed by atoms with E-state index < -0.39 is 0 Å². The van der Waals surface area contributed by atoms with Crippen molar-refractivity contribution >= 4 is 11.7 Å². The SMILES string of the molecule is Cc1[nH]cnc1CN1C[C@H]2CC[C@@H](C1)N(C(=O)CCC(=O)c1ccccc1)C2. The van der Waals surface area contributed by atoms with Crippen LogP contribution in [0.5, 0.6) is 0 Å². The maximum atomic E-state index is 12.9. The number of carbonyl (C=O) groups excluding carboxylic acids is 2. The molecular weight excluding hydrogens is 352 g/mol. The van der Waals surface area contributed by atoms with Crippen LogP contribution in [0.2, 0.25) is 0 Å². The zero-order chi connectivity index (χ0) is 19.5. The largest absolute Gasteiger partial charge is 0.348 e. The van der Waals surface area contributed by atoms with Crippen molar-refractivity contribution in [2.24, 2.45) is 5.92 Å². The van der Waals surface area contributed by atoms with Crippen molar-refractivity contribution in [3.63, 3.8) is 0 Å². The zero-order valence-corrected chi connectivity index (χ0v) is 16.4. The van der Waals surface area contributed by atoms with Gasteiger partial charge in [0.25, 0.3) is 0 Å². The van der Waals surface area contributed by atoms with Crippen molar-refractivity contribution in [1.29, 1.82) is 0 Å². The Morgan fingerprint density at radius 1 is 1.11 bits per heavy atom. The van der Waals surface area contributed by atoms with Gasteiger partial charge < -0.3 is 9.88 Å². The van der Waals surface area contributed by atoms with E-state index in [1.165, 1.54) is 6.42 Å². The average molecular weight is 380 g/mol. The lowest BCUT2D eigenvalue weighted by Gasteiger charge is -2.36. The Morgan fingerprint density at radius 3 is 2.68 bits per heavy atom. The molecule has 1 aromatic carbocycles. The van der Waals surface area contributed by atoms with Gasteiger partial charge in [0.15, 0.2) is 5.78 Å². The Bertz CT molecular complexity index is 832. The first-order valence-electron chi connectivity index (χ1n) is 10.2. The molecule has 0 saturated carbocycles. The molecule has 1 amide bonds. The molecular formula is C22H28N4O2. The number of rotatable bonds is 6. The summed E-state index contributed by atoms with van der Waals surface area (Å²) in [5.41, 5.74) is 2.89. The Labute approximate surface area is 165 Å². The molecule has 0 radical (unpaired) electrons. The maximum absolute atomic E-state index is 12.9. The maximum Gasteiger partial charge on any atom is 0.223 e. The van der Waals surface area contributed by atoms with E-state index in [1.54, 1.807) is 6.33 Å². The van der Waals surface area contributed by atoms with Gasteiger partial charge in [-0.3, -0.25) is 14.5 Å². The van der Waals surface area contributed by atoms with E-state index in [9.17, 15) is 9.59 Å². The van der Waals surface area contributed by atoms with Gasteiger partial charge in [0, 0.05) is 56.3 Å². The molecule has 6 heteroatoms. The van der Waals surface area contributed by atoms with Crippen molar-refractivity contribution in [1.82, 2.24) is 19.8 Å². The van der Waals surface area contributed by atoms with E-state index >= 15 is 0 Å². The van der Waals surface area contributed by atoms with E-state index in [-0.39, 0.29) is 24.2 Å². The van der Waals surface area contributed by atoms with Gasteiger partial charge in [0.2, 0.25) is 5.91 Å². The van der Waals surface area contributed by atoms with Crippen LogP contribution in [0.25, 0.3) is 0 Å². The van der Waals surface area contributed by atoms with Crippen molar-refractivity contribution in [2.75, 3.05) is 19.6 Å². The number of fused-ring (bicyclic) bond motifs is 4. The summed E-state index contributed by atoms with van der Waals surface area (Å²) in [7, 11) is 0. The summed E-state index contributed by atoms with van der Waals surface area (Å²) >= 11 is 0. The summed E-state index contributed by atoms with van der Waals surface area (Å²) < 4.78 is 0. The van der Waals surface area contributed by atoms with Gasteiger partial charge in [0.1, 0.15) is 0 Å². The minimum Gasteiger partial charge on any atom is -0.348 e. The lowest BCUT2D eigenvalue weighted by molar-refractivity contribution is -0.135. The van der Waals surface area contributed by atoms with Crippen LogP contribution in [0.1, 0.15) is 47.4 Å². The fourth-order valence-corrected chi connectivity index (χ4v) is 4.50. The van der Waals surface area contributed by atoms with Gasteiger partial charge in [-0.05, 0) is 25.7 Å². The third kappa shape index (κ3) is 4.17. The van der Waals surface area contributed by atoms with Gasteiger partial charge in [-0.1, -0.05) is 30.3 Å². The number of nitrogens with zero attached hydrogens (tertiary/aromatic N) is 3. The normalized spacial score (nSPS) is 22.2. The number of aromatic nitrogens is 2. The number of Topliss-reactive ketones (excluding diaryl/α,β-unsaturated/α-hetero) is 1. The van der Waals surface area contributed by atoms with E-state index in [0.29, 0.717) is 17.9 Å². The Balaban J connectivity index is 1.36. The number of H-pyrrole nitrogens is 1. The highest BCUT2D eigenvalue weighted by atomic mass is 16.2. The van der Waals surface area contributed by atoms with Gasteiger partial charge in [-0.25, -0.2) is 4.98 Å². The Kier molecular flexibility index (Phi) is 5.57. The molecule has 28 heavy (non-hydrogen) atoms. The number of aryl methyl sites for hydroxylation is 1. The standard InChI is InChI=1S/C22H28N4O2/c1-16-20(24-15-23-16)14-25-11-17-7-8-19(13-25)26(12-17)22(28)10-9-21(27)18-5-3-2-4-6-18/h2-6,15,17,19H,7-14H2,1H3,(H,23,24)/t17-,19+/m1/s1. The molecule has 5 rings (SSSR count). The van der Waals surface area contributed by atoms with Crippen LogP contribution >= 0.6 is 0 Å². The summed E-state index contributed by atoms with van der Waals surface area (Å²) in [4.78, 5) is 37.3. The molecule has 0 unspecified atom stereocenters. The van der Waals surface area contributed by atoms with Crippen molar-refractivity contribution in [3.05, 3.63) is 53.6 Å². The van der Waals surface area contributed by atoms with E-state index in [0.717, 1.165) is 44.0 Å². The first-order chi connectivity index (χ1) is 13.6. The van der Waals surface area contributed by atoms with Gasteiger partial charge in [0.05, 0.1) is 12.0 Å². The number of benzene rings is 1. The first-order valence-corrected chi connectivity index (χ1v) is 10.2. The lowest BCUT2D eigenvalue weighted by atomic mass is 9.94. The molecule has 6 nitrogen and oxygen atoms in total. The van der Waals surface area contributed by atoms with E-state index in [2.05, 4.69) is 14.9 Å². The highest BCUT2D eigenvalue weighted by molar-refractivity contribution is 5.97. The first kappa shape index (κ1) is 18.9. The van der Waals surface area contributed by atoms with Crippen molar-refractivity contribution < 1.29 is 9.59 Å². The summed E-state index contributed by atoms with van der Waals surface area (Å²) in [6.45, 7) is 5.60. The van der Waals surface area contributed by atoms with Crippen LogP contribution in [0.15, 0.2) is 36.7 Å². The summed E-state index contributed by atoms with van der Waals surface area (Å²) in [5, 5.41) is 0. The molecule has 2 aromatic rings. The predicted octanol–water partition coefficient (Wildman–Crippen LogP) is 2.80. The third-order valence-electron chi connectivity index (χ3n) is 6.08. The number of hydrogen-bond acceptors (Lipinski definition) is 4. The quantitative estimate of drug-likeness (QED) is 0.783. The van der Waals surface area contributed by atoms with Crippen LogP contribution in [-0.2, 0) is 11.3 Å². The second-order valence-electron chi connectivity index (χ2n) is 8.10. The van der Waals surface area contributed by atoms with E-state index in [4.69, 9.17) is 0 Å². The number of hydrogen-bond donors (Lipinski definition) is 1. The summed E-state index contributed by atoms with van der Waals surface area (Å²) in [5.74, 6) is 0.674. The van der Waals surface area contributed by atoms with Crippen LogP contribution in [-0.4, -0.2) is 57.1 Å². The van der Waals surface area contributed by atoms with E-state index in [1.807, 2.05) is 42.2 Å². The molecule has 4 heterocycles. The minimum atomic E-state index is 0.0459. The van der Waals surface area contributed by atoms with Gasteiger partial charge in [-0.15, -0.1) is 0 Å². The fourth-order valence-electron chi connectivity index (χ4n) is 4.50. The highest BCUT2D eigenvalue weighted by Gasteiger charge is 2.37. The Hall–Kier alpha value is -2.47. The molecule has 148 valence electrons. The average Bonchev–Trinajstić information content (AvgIpc) is 2.92. The van der Waals surface area contributed by atoms with Gasteiger partial charge in [-0.2, -0.15) is 0 Å².